The van der Waals surface area contributed by atoms with Crippen molar-refractivity contribution in [3.8, 4) is 16.3 Å². The van der Waals surface area contributed by atoms with Crippen LogP contribution in [0.3, 0.4) is 0 Å². The third kappa shape index (κ3) is 5.07. The smallest absolute Gasteiger partial charge is 0.193 e. The third-order valence-electron chi connectivity index (χ3n) is 3.48. The number of benzene rings is 2. The van der Waals surface area contributed by atoms with Gasteiger partial charge in [-0.25, -0.2) is 9.98 Å². The normalized spacial score (nSPS) is 11.6. The van der Waals surface area contributed by atoms with Crippen molar-refractivity contribution in [3.63, 3.8) is 0 Å². The largest absolute Gasteiger partial charge is 0.491 e. The molecule has 0 fully saturated rings. The Hall–Kier alpha value is -2.86. The quantitative estimate of drug-likeness (QED) is 0.497. The summed E-state index contributed by atoms with van der Waals surface area (Å²) in [5.74, 6) is 1.19. The van der Waals surface area contributed by atoms with Crippen molar-refractivity contribution < 1.29 is 4.74 Å². The molecule has 1 heterocycles. The zero-order chi connectivity index (χ0) is 18.4. The molecule has 3 aromatic rings. The van der Waals surface area contributed by atoms with Gasteiger partial charge >= 0.3 is 0 Å². The Morgan fingerprint density at radius 3 is 2.58 bits per heavy atom. The first kappa shape index (κ1) is 17.9. The van der Waals surface area contributed by atoms with Crippen LogP contribution in [0, 0.1) is 0 Å². The summed E-state index contributed by atoms with van der Waals surface area (Å²) < 4.78 is 5.62. The number of rotatable bonds is 6. The first-order valence-corrected chi connectivity index (χ1v) is 9.31. The molecule has 3 rings (SSSR count). The minimum absolute atomic E-state index is 0.152. The van der Waals surface area contributed by atoms with E-state index >= 15 is 0 Å². The fourth-order valence-corrected chi connectivity index (χ4v) is 3.15. The van der Waals surface area contributed by atoms with Crippen molar-refractivity contribution in [1.82, 2.24) is 4.98 Å². The molecule has 0 saturated heterocycles. The van der Waals surface area contributed by atoms with Crippen molar-refractivity contribution in [2.45, 2.75) is 26.5 Å². The highest BCUT2D eigenvalue weighted by Gasteiger charge is 2.04. The number of nitrogens with two attached hydrogens (primary N) is 1. The predicted molar refractivity (Wildman–Crippen MR) is 109 cm³/mol. The number of guanidine groups is 1. The lowest BCUT2D eigenvalue weighted by Gasteiger charge is -2.10. The van der Waals surface area contributed by atoms with Gasteiger partial charge in [-0.05, 0) is 38.1 Å². The summed E-state index contributed by atoms with van der Waals surface area (Å²) in [5, 5.41) is 6.08. The van der Waals surface area contributed by atoms with Gasteiger partial charge in [0.1, 0.15) is 10.8 Å². The van der Waals surface area contributed by atoms with Crippen LogP contribution in [0.15, 0.2) is 65.0 Å². The first-order valence-electron chi connectivity index (χ1n) is 8.43. The van der Waals surface area contributed by atoms with E-state index in [1.807, 2.05) is 61.7 Å². The van der Waals surface area contributed by atoms with Gasteiger partial charge in [-0.15, -0.1) is 11.3 Å². The van der Waals surface area contributed by atoms with E-state index in [0.717, 1.165) is 27.7 Å². The summed E-state index contributed by atoms with van der Waals surface area (Å²) in [5.41, 5.74) is 8.86. The average Bonchev–Trinajstić information content (AvgIpc) is 3.11. The van der Waals surface area contributed by atoms with Gasteiger partial charge in [-0.3, -0.25) is 0 Å². The molecule has 0 unspecified atom stereocenters. The molecule has 0 atom stereocenters. The fourth-order valence-electron chi connectivity index (χ4n) is 2.34. The second kappa shape index (κ2) is 8.49. The third-order valence-corrected chi connectivity index (χ3v) is 4.42. The van der Waals surface area contributed by atoms with E-state index in [1.165, 1.54) is 0 Å². The molecule has 0 bridgehead atoms. The van der Waals surface area contributed by atoms with Crippen molar-refractivity contribution >= 4 is 23.0 Å². The van der Waals surface area contributed by atoms with Crippen molar-refractivity contribution in [1.29, 1.82) is 0 Å². The maximum atomic E-state index is 5.97. The van der Waals surface area contributed by atoms with E-state index < -0.39 is 0 Å². The summed E-state index contributed by atoms with van der Waals surface area (Å²) in [6.45, 7) is 4.44. The Morgan fingerprint density at radius 2 is 1.88 bits per heavy atom. The van der Waals surface area contributed by atoms with Gasteiger partial charge in [0.05, 0.1) is 18.3 Å². The molecular weight excluding hydrogens is 344 g/mol. The van der Waals surface area contributed by atoms with E-state index in [2.05, 4.69) is 27.4 Å². The zero-order valence-corrected chi connectivity index (χ0v) is 15.7. The molecule has 0 saturated carbocycles. The molecule has 0 aliphatic rings. The molecule has 3 N–H and O–H groups in total. The van der Waals surface area contributed by atoms with Gasteiger partial charge in [0.25, 0.3) is 0 Å². The molecule has 1 aromatic heterocycles. The van der Waals surface area contributed by atoms with E-state index in [1.54, 1.807) is 11.3 Å². The van der Waals surface area contributed by atoms with Gasteiger partial charge < -0.3 is 15.8 Å². The van der Waals surface area contributed by atoms with Crippen LogP contribution in [0.5, 0.6) is 5.75 Å². The van der Waals surface area contributed by atoms with E-state index in [-0.39, 0.29) is 6.10 Å². The molecule has 2 aromatic carbocycles. The summed E-state index contributed by atoms with van der Waals surface area (Å²) in [6, 6.07) is 17.7. The van der Waals surface area contributed by atoms with Gasteiger partial charge in [-0.2, -0.15) is 0 Å². The van der Waals surface area contributed by atoms with Crippen molar-refractivity contribution in [2.75, 3.05) is 5.32 Å². The molecule has 0 amide bonds. The molecule has 0 spiro atoms. The standard InChI is InChI=1S/C20H22N4OS/c1-14(2)25-18-10-8-16(9-11-18)24-20(21)22-12-17-13-26-19(23-17)15-6-4-3-5-7-15/h3-11,13-14H,12H2,1-2H3,(H3,21,22,24). The highest BCUT2D eigenvalue weighted by Crippen LogP contribution is 2.23. The second-order valence-corrected chi connectivity index (χ2v) is 6.89. The van der Waals surface area contributed by atoms with Gasteiger partial charge in [0.15, 0.2) is 5.96 Å². The Labute approximate surface area is 157 Å². The number of ether oxygens (including phenoxy) is 1. The van der Waals surface area contributed by atoms with E-state index in [9.17, 15) is 0 Å². The summed E-state index contributed by atoms with van der Waals surface area (Å²) in [4.78, 5) is 8.97. The second-order valence-electron chi connectivity index (χ2n) is 6.03. The highest BCUT2D eigenvalue weighted by atomic mass is 32.1. The minimum atomic E-state index is 0.152. The van der Waals surface area contributed by atoms with Crippen molar-refractivity contribution in [3.05, 3.63) is 65.7 Å². The molecule has 0 aliphatic carbocycles. The molecule has 0 radical (unpaired) electrons. The molecule has 5 nitrogen and oxygen atoms in total. The SMILES string of the molecule is CC(C)Oc1ccc(NC(N)=NCc2csc(-c3ccccc3)n2)cc1. The summed E-state index contributed by atoms with van der Waals surface area (Å²) >= 11 is 1.61. The fraction of sp³-hybridized carbons (Fsp3) is 0.200. The van der Waals surface area contributed by atoms with Crippen LogP contribution in [0.2, 0.25) is 0 Å². The molecule has 26 heavy (non-hydrogen) atoms. The lowest BCUT2D eigenvalue weighted by Crippen LogP contribution is -2.22. The minimum Gasteiger partial charge on any atom is -0.491 e. The monoisotopic (exact) mass is 366 g/mol. The number of nitrogens with one attached hydrogen (secondary N) is 1. The van der Waals surface area contributed by atoms with Crippen LogP contribution in [0.1, 0.15) is 19.5 Å². The van der Waals surface area contributed by atoms with Crippen LogP contribution in [0.25, 0.3) is 10.6 Å². The van der Waals surface area contributed by atoms with Gasteiger partial charge in [0, 0.05) is 16.6 Å². The first-order chi connectivity index (χ1) is 12.6. The predicted octanol–water partition coefficient (Wildman–Crippen LogP) is 4.52. The lowest BCUT2D eigenvalue weighted by molar-refractivity contribution is 0.242. The number of thiazole rings is 1. The number of nitrogens with zero attached hydrogens (tertiary/aromatic N) is 2. The van der Waals surface area contributed by atoms with Crippen LogP contribution in [0.4, 0.5) is 5.69 Å². The summed E-state index contributed by atoms with van der Waals surface area (Å²) in [7, 11) is 0. The number of hydrogen-bond acceptors (Lipinski definition) is 4. The number of hydrogen-bond donors (Lipinski definition) is 2. The lowest BCUT2D eigenvalue weighted by atomic mass is 10.2. The van der Waals surface area contributed by atoms with E-state index in [4.69, 9.17) is 10.5 Å². The molecule has 6 heteroatoms. The topological polar surface area (TPSA) is 72.5 Å². The van der Waals surface area contributed by atoms with Crippen LogP contribution >= 0.6 is 11.3 Å². The van der Waals surface area contributed by atoms with Crippen LogP contribution in [-0.2, 0) is 6.54 Å². The maximum Gasteiger partial charge on any atom is 0.193 e. The zero-order valence-electron chi connectivity index (χ0n) is 14.8. The Balaban J connectivity index is 1.58. The maximum absolute atomic E-state index is 5.97. The number of aromatic nitrogens is 1. The number of anilines is 1. The molecule has 0 aliphatic heterocycles. The molecule has 134 valence electrons. The highest BCUT2D eigenvalue weighted by molar-refractivity contribution is 7.13. The Bertz CT molecular complexity index is 857. The van der Waals surface area contributed by atoms with Crippen LogP contribution in [-0.4, -0.2) is 17.0 Å². The molecular formula is C20H22N4OS. The van der Waals surface area contributed by atoms with Gasteiger partial charge in [0.2, 0.25) is 0 Å². The van der Waals surface area contributed by atoms with Crippen LogP contribution < -0.4 is 15.8 Å². The van der Waals surface area contributed by atoms with E-state index in [0.29, 0.717) is 12.5 Å². The Kier molecular flexibility index (Phi) is 5.86. The average molecular weight is 366 g/mol. The Morgan fingerprint density at radius 1 is 1.15 bits per heavy atom. The van der Waals surface area contributed by atoms with Gasteiger partial charge in [-0.1, -0.05) is 30.3 Å². The summed E-state index contributed by atoms with van der Waals surface area (Å²) in [6.07, 6.45) is 0.152. The van der Waals surface area contributed by atoms with Crippen molar-refractivity contribution in [2.24, 2.45) is 10.7 Å². The number of aliphatic imine (C=N–C) groups is 1.